The average Bonchev–Trinajstić information content (AvgIpc) is 2.72. The first-order valence-corrected chi connectivity index (χ1v) is 8.37. The maximum Gasteiger partial charge on any atom is 0.338 e. The van der Waals surface area contributed by atoms with Gasteiger partial charge in [0.25, 0.3) is 5.91 Å². The summed E-state index contributed by atoms with van der Waals surface area (Å²) in [5, 5.41) is 20.4. The second-order valence-corrected chi connectivity index (χ2v) is 5.44. The number of anilines is 1. The largest absolute Gasteiger partial charge is 0.479 e. The zero-order valence-electron chi connectivity index (χ0n) is 15.1. The average molecular weight is 375 g/mol. The molecule has 0 aliphatic heterocycles. The first kappa shape index (κ1) is 20.2. The van der Waals surface area contributed by atoms with Crippen LogP contribution in [0.15, 0.2) is 54.1 Å². The summed E-state index contributed by atoms with van der Waals surface area (Å²) in [4.78, 5) is 24.0. The van der Waals surface area contributed by atoms with Crippen LogP contribution in [0.4, 0.5) is 5.69 Å². The Labute approximate surface area is 162 Å². The van der Waals surface area contributed by atoms with Crippen molar-refractivity contribution < 1.29 is 19.1 Å². The van der Waals surface area contributed by atoms with Crippen LogP contribution in [0.25, 0.3) is 6.08 Å². The Morgan fingerprint density at radius 3 is 2.32 bits per heavy atom. The smallest absolute Gasteiger partial charge is 0.338 e. The van der Waals surface area contributed by atoms with Crippen LogP contribution in [-0.2, 0) is 9.53 Å². The van der Waals surface area contributed by atoms with Gasteiger partial charge in [-0.25, -0.2) is 4.79 Å². The molecule has 0 spiro atoms. The van der Waals surface area contributed by atoms with Gasteiger partial charge in [-0.1, -0.05) is 12.1 Å². The van der Waals surface area contributed by atoms with Crippen LogP contribution in [0.3, 0.4) is 0 Å². The molecule has 2 rings (SSSR count). The van der Waals surface area contributed by atoms with Gasteiger partial charge in [0.1, 0.15) is 23.5 Å². The van der Waals surface area contributed by atoms with Crippen molar-refractivity contribution in [1.29, 1.82) is 10.5 Å². The molecule has 0 saturated heterocycles. The molecule has 2 aromatic carbocycles. The first-order valence-electron chi connectivity index (χ1n) is 8.37. The van der Waals surface area contributed by atoms with Crippen LogP contribution in [0.5, 0.6) is 5.75 Å². The third kappa shape index (κ3) is 5.72. The Morgan fingerprint density at radius 1 is 1.07 bits per heavy atom. The van der Waals surface area contributed by atoms with Gasteiger partial charge in [-0.05, 0) is 55.0 Å². The van der Waals surface area contributed by atoms with E-state index in [1.807, 2.05) is 12.1 Å². The molecule has 0 aliphatic carbocycles. The van der Waals surface area contributed by atoms with Crippen molar-refractivity contribution in [3.63, 3.8) is 0 Å². The van der Waals surface area contributed by atoms with Gasteiger partial charge in [-0.15, -0.1) is 0 Å². The first-order chi connectivity index (χ1) is 13.6. The summed E-state index contributed by atoms with van der Waals surface area (Å²) in [7, 11) is 0. The van der Waals surface area contributed by atoms with E-state index in [4.69, 9.17) is 14.7 Å². The molecule has 0 fully saturated rings. The highest BCUT2D eigenvalue weighted by molar-refractivity contribution is 6.09. The normalized spacial score (nSPS) is 10.3. The fourth-order valence-corrected chi connectivity index (χ4v) is 2.19. The van der Waals surface area contributed by atoms with E-state index in [0.717, 1.165) is 0 Å². The molecule has 0 aliphatic rings. The van der Waals surface area contributed by atoms with Crippen molar-refractivity contribution in [3.8, 4) is 17.9 Å². The number of nitrogens with one attached hydrogen (secondary N) is 1. The molecule has 0 atom stereocenters. The van der Waals surface area contributed by atoms with Crippen LogP contribution in [0, 0.1) is 22.7 Å². The van der Waals surface area contributed by atoms with Crippen LogP contribution in [-0.4, -0.2) is 25.1 Å². The van der Waals surface area contributed by atoms with E-state index in [0.29, 0.717) is 22.6 Å². The number of hydrogen-bond acceptors (Lipinski definition) is 6. The summed E-state index contributed by atoms with van der Waals surface area (Å²) < 4.78 is 10.0. The third-order valence-corrected chi connectivity index (χ3v) is 3.51. The van der Waals surface area contributed by atoms with Gasteiger partial charge in [-0.3, -0.25) is 4.79 Å². The molecule has 1 N–H and O–H groups in total. The van der Waals surface area contributed by atoms with E-state index >= 15 is 0 Å². The lowest BCUT2D eigenvalue weighted by molar-refractivity contribution is -0.112. The van der Waals surface area contributed by atoms with Gasteiger partial charge in [0.05, 0.1) is 12.2 Å². The maximum atomic E-state index is 12.3. The second kappa shape index (κ2) is 10.1. The van der Waals surface area contributed by atoms with Gasteiger partial charge in [0, 0.05) is 5.69 Å². The zero-order chi connectivity index (χ0) is 20.4. The lowest BCUT2D eigenvalue weighted by Gasteiger charge is -2.06. The van der Waals surface area contributed by atoms with Crippen molar-refractivity contribution in [2.24, 2.45) is 0 Å². The number of amides is 1. The highest BCUT2D eigenvalue weighted by atomic mass is 16.5. The fraction of sp³-hybridized carbons (Fsp3) is 0.143. The third-order valence-electron chi connectivity index (χ3n) is 3.51. The minimum absolute atomic E-state index is 0.0595. The van der Waals surface area contributed by atoms with Crippen molar-refractivity contribution in [1.82, 2.24) is 0 Å². The van der Waals surface area contributed by atoms with Crippen LogP contribution < -0.4 is 10.1 Å². The number of carbonyl (C=O) groups excluding carboxylic acids is 2. The molecule has 28 heavy (non-hydrogen) atoms. The number of benzene rings is 2. The lowest BCUT2D eigenvalue weighted by atomic mass is 10.1. The van der Waals surface area contributed by atoms with Gasteiger partial charge in [0.2, 0.25) is 0 Å². The van der Waals surface area contributed by atoms with Crippen molar-refractivity contribution >= 4 is 23.6 Å². The monoisotopic (exact) mass is 375 g/mol. The molecule has 0 unspecified atom stereocenters. The summed E-state index contributed by atoms with van der Waals surface area (Å²) in [5.41, 5.74) is 1.36. The van der Waals surface area contributed by atoms with Gasteiger partial charge in [-0.2, -0.15) is 10.5 Å². The van der Waals surface area contributed by atoms with Gasteiger partial charge < -0.3 is 14.8 Å². The van der Waals surface area contributed by atoms with E-state index in [-0.39, 0.29) is 18.8 Å². The predicted octanol–water partition coefficient (Wildman–Crippen LogP) is 3.31. The van der Waals surface area contributed by atoms with E-state index < -0.39 is 11.9 Å². The predicted molar refractivity (Wildman–Crippen MR) is 102 cm³/mol. The Hall–Kier alpha value is -4.10. The van der Waals surface area contributed by atoms with Crippen molar-refractivity contribution in [2.45, 2.75) is 6.92 Å². The van der Waals surface area contributed by atoms with Gasteiger partial charge >= 0.3 is 5.97 Å². The Bertz CT molecular complexity index is 949. The molecular weight excluding hydrogens is 358 g/mol. The van der Waals surface area contributed by atoms with E-state index in [9.17, 15) is 14.9 Å². The zero-order valence-corrected chi connectivity index (χ0v) is 15.1. The van der Waals surface area contributed by atoms with Gasteiger partial charge in [0.15, 0.2) is 6.61 Å². The van der Waals surface area contributed by atoms with E-state index in [1.165, 1.54) is 18.2 Å². The van der Waals surface area contributed by atoms with Crippen LogP contribution in [0.1, 0.15) is 22.8 Å². The number of nitriles is 2. The summed E-state index contributed by atoms with van der Waals surface area (Å²) >= 11 is 0. The number of ether oxygens (including phenoxy) is 2. The molecule has 0 radical (unpaired) electrons. The standard InChI is InChI=1S/C21H17N3O4/c1-2-27-21(26)16-5-7-18(8-6-16)24-20(25)17(14-23)13-15-3-9-19(10-4-15)28-12-11-22/h3-10,13H,2,12H2,1H3,(H,24,25)/b17-13+. The minimum atomic E-state index is -0.573. The molecule has 0 aromatic heterocycles. The second-order valence-electron chi connectivity index (χ2n) is 5.44. The minimum Gasteiger partial charge on any atom is -0.479 e. The molecular formula is C21H17N3O4. The van der Waals surface area contributed by atoms with Crippen molar-refractivity contribution in [2.75, 3.05) is 18.5 Å². The molecule has 0 bridgehead atoms. The number of hydrogen-bond donors (Lipinski definition) is 1. The summed E-state index contributed by atoms with van der Waals surface area (Å²) in [6, 6.07) is 16.5. The number of esters is 1. The number of carbonyl (C=O) groups is 2. The van der Waals surface area contributed by atoms with E-state index in [2.05, 4.69) is 5.32 Å². The van der Waals surface area contributed by atoms with Crippen molar-refractivity contribution in [3.05, 3.63) is 65.2 Å². The quantitative estimate of drug-likeness (QED) is 0.451. The van der Waals surface area contributed by atoms with Crippen LogP contribution in [0.2, 0.25) is 0 Å². The Balaban J connectivity index is 2.07. The topological polar surface area (TPSA) is 112 Å². The molecule has 2 aromatic rings. The molecule has 1 amide bonds. The highest BCUT2D eigenvalue weighted by Crippen LogP contribution is 2.16. The van der Waals surface area contributed by atoms with E-state index in [1.54, 1.807) is 43.3 Å². The molecule has 0 heterocycles. The molecule has 7 nitrogen and oxygen atoms in total. The Kier molecular flexibility index (Phi) is 7.33. The molecule has 140 valence electrons. The molecule has 0 saturated carbocycles. The van der Waals surface area contributed by atoms with Crippen LogP contribution >= 0.6 is 0 Å². The Morgan fingerprint density at radius 2 is 1.75 bits per heavy atom. The fourth-order valence-electron chi connectivity index (χ4n) is 2.19. The summed E-state index contributed by atoms with van der Waals surface area (Å²) in [6.45, 7) is 1.93. The number of nitrogens with zero attached hydrogens (tertiary/aromatic N) is 2. The SMILES string of the molecule is CCOC(=O)c1ccc(NC(=O)/C(C#N)=C/c2ccc(OCC#N)cc2)cc1. The lowest BCUT2D eigenvalue weighted by Crippen LogP contribution is -2.13. The maximum absolute atomic E-state index is 12.3. The summed E-state index contributed by atoms with van der Waals surface area (Å²) in [5.74, 6) is -0.500. The summed E-state index contributed by atoms with van der Waals surface area (Å²) in [6.07, 6.45) is 1.44. The number of rotatable bonds is 7. The highest BCUT2D eigenvalue weighted by Gasteiger charge is 2.11. The molecule has 7 heteroatoms.